The fraction of sp³-hybridized carbons (Fsp3) is 0.636. The van der Waals surface area contributed by atoms with Gasteiger partial charge in [0.05, 0.1) is 12.7 Å². The minimum absolute atomic E-state index is 0.0595. The Morgan fingerprint density at radius 2 is 1.37 bits per heavy atom. The van der Waals surface area contributed by atoms with Crippen LogP contribution < -0.4 is 4.74 Å². The standard InChI is InChI=1S/C33H45F3O2/c1-3-5-21-38-28-17-14-26(31(34)22-28)11-8-23-6-9-24(10-7-23)29-18-19-30(33(36)32(29)35)25-12-15-27(16-13-25)37-20-4-2/h14,17-19,22-25,27H,3-13,15-16,20-21H2,1-2H3. The molecule has 0 spiro atoms. The predicted molar refractivity (Wildman–Crippen MR) is 147 cm³/mol. The molecule has 2 aliphatic rings. The summed E-state index contributed by atoms with van der Waals surface area (Å²) in [6.07, 6.45) is 12.1. The maximum atomic E-state index is 15.2. The van der Waals surface area contributed by atoms with Gasteiger partial charge in [-0.3, -0.25) is 0 Å². The van der Waals surface area contributed by atoms with E-state index >= 15 is 8.78 Å². The van der Waals surface area contributed by atoms with Crippen molar-refractivity contribution in [3.05, 3.63) is 64.5 Å². The van der Waals surface area contributed by atoms with Crippen LogP contribution >= 0.6 is 0 Å². The minimum atomic E-state index is -0.640. The van der Waals surface area contributed by atoms with E-state index in [1.165, 1.54) is 6.07 Å². The zero-order chi connectivity index (χ0) is 26.9. The van der Waals surface area contributed by atoms with Crippen LogP contribution in [0.25, 0.3) is 0 Å². The number of rotatable bonds is 12. The summed E-state index contributed by atoms with van der Waals surface area (Å²) < 4.78 is 56.4. The summed E-state index contributed by atoms with van der Waals surface area (Å²) >= 11 is 0. The number of halogens is 3. The van der Waals surface area contributed by atoms with Gasteiger partial charge in [-0.25, -0.2) is 13.2 Å². The van der Waals surface area contributed by atoms with Crippen molar-refractivity contribution in [1.82, 2.24) is 0 Å². The largest absolute Gasteiger partial charge is 0.493 e. The van der Waals surface area contributed by atoms with E-state index in [1.54, 1.807) is 0 Å². The topological polar surface area (TPSA) is 18.5 Å². The van der Waals surface area contributed by atoms with Gasteiger partial charge < -0.3 is 9.47 Å². The van der Waals surface area contributed by atoms with Crippen LogP contribution in [0.15, 0.2) is 30.3 Å². The molecule has 2 aromatic carbocycles. The van der Waals surface area contributed by atoms with E-state index in [9.17, 15) is 4.39 Å². The molecule has 2 aromatic rings. The Kier molecular flexibility index (Phi) is 11.0. The molecule has 2 nitrogen and oxygen atoms in total. The van der Waals surface area contributed by atoms with Crippen molar-refractivity contribution < 1.29 is 22.6 Å². The summed E-state index contributed by atoms with van der Waals surface area (Å²) in [6.45, 7) is 5.58. The smallest absolute Gasteiger partial charge is 0.162 e. The second kappa shape index (κ2) is 14.4. The third-order valence-corrected chi connectivity index (χ3v) is 8.71. The molecular weight excluding hydrogens is 485 g/mol. The van der Waals surface area contributed by atoms with Gasteiger partial charge in [-0.05, 0) is 118 Å². The van der Waals surface area contributed by atoms with Crippen molar-refractivity contribution in [3.8, 4) is 5.75 Å². The lowest BCUT2D eigenvalue weighted by molar-refractivity contribution is 0.0248. The highest BCUT2D eigenvalue weighted by atomic mass is 19.2. The molecule has 5 heteroatoms. The van der Waals surface area contributed by atoms with E-state index in [-0.39, 0.29) is 23.8 Å². The molecule has 2 saturated carbocycles. The molecular formula is C33H45F3O2. The number of ether oxygens (including phenoxy) is 2. The van der Waals surface area contributed by atoms with Crippen LogP contribution in [-0.4, -0.2) is 19.3 Å². The molecule has 0 aromatic heterocycles. The maximum Gasteiger partial charge on any atom is 0.162 e. The molecule has 0 heterocycles. The van der Waals surface area contributed by atoms with E-state index in [2.05, 4.69) is 13.8 Å². The number of benzene rings is 2. The van der Waals surface area contributed by atoms with Crippen molar-refractivity contribution in [1.29, 1.82) is 0 Å². The number of hydrogen-bond donors (Lipinski definition) is 0. The number of aryl methyl sites for hydroxylation is 1. The van der Waals surface area contributed by atoms with Gasteiger partial charge in [0.15, 0.2) is 11.6 Å². The Balaban J connectivity index is 1.26. The van der Waals surface area contributed by atoms with Gasteiger partial charge in [-0.15, -0.1) is 0 Å². The molecule has 0 saturated heterocycles. The molecule has 210 valence electrons. The van der Waals surface area contributed by atoms with Gasteiger partial charge in [0.25, 0.3) is 0 Å². The Morgan fingerprint density at radius 3 is 1.95 bits per heavy atom. The van der Waals surface area contributed by atoms with E-state index in [0.717, 1.165) is 89.2 Å². The molecule has 38 heavy (non-hydrogen) atoms. The van der Waals surface area contributed by atoms with E-state index in [4.69, 9.17) is 9.47 Å². The summed E-state index contributed by atoms with van der Waals surface area (Å²) in [5, 5.41) is 0. The molecule has 0 N–H and O–H groups in total. The molecule has 0 bridgehead atoms. The van der Waals surface area contributed by atoms with Gasteiger partial charge in [0.2, 0.25) is 0 Å². The number of hydrogen-bond acceptors (Lipinski definition) is 2. The third-order valence-electron chi connectivity index (χ3n) is 8.71. The zero-order valence-corrected chi connectivity index (χ0v) is 23.3. The zero-order valence-electron chi connectivity index (χ0n) is 23.3. The van der Waals surface area contributed by atoms with Gasteiger partial charge in [-0.1, -0.05) is 38.5 Å². The molecule has 0 atom stereocenters. The number of unbranched alkanes of at least 4 members (excludes halogenated alkanes) is 1. The Morgan fingerprint density at radius 1 is 0.737 bits per heavy atom. The summed E-state index contributed by atoms with van der Waals surface area (Å²) in [4.78, 5) is 0. The molecule has 2 fully saturated rings. The SMILES string of the molecule is CCCCOc1ccc(CCC2CCC(c3ccc(C4CCC(OCCC)CC4)c(F)c3F)CC2)c(F)c1. The average Bonchev–Trinajstić information content (AvgIpc) is 2.94. The lowest BCUT2D eigenvalue weighted by Crippen LogP contribution is -2.22. The van der Waals surface area contributed by atoms with Gasteiger partial charge in [0.1, 0.15) is 11.6 Å². The highest BCUT2D eigenvalue weighted by molar-refractivity contribution is 5.32. The molecule has 0 aliphatic heterocycles. The summed E-state index contributed by atoms with van der Waals surface area (Å²) in [5.41, 5.74) is 1.80. The first-order chi connectivity index (χ1) is 18.5. The van der Waals surface area contributed by atoms with Crippen molar-refractivity contribution in [2.45, 2.75) is 115 Å². The first-order valence-corrected chi connectivity index (χ1v) is 15.0. The van der Waals surface area contributed by atoms with Crippen molar-refractivity contribution in [2.24, 2.45) is 5.92 Å². The Hall–Kier alpha value is -2.01. The van der Waals surface area contributed by atoms with Crippen LogP contribution in [0.2, 0.25) is 0 Å². The summed E-state index contributed by atoms with van der Waals surface area (Å²) in [5.74, 6) is -0.263. The lowest BCUT2D eigenvalue weighted by atomic mass is 9.76. The predicted octanol–water partition coefficient (Wildman–Crippen LogP) is 9.64. The van der Waals surface area contributed by atoms with Crippen LogP contribution in [0.3, 0.4) is 0 Å². The van der Waals surface area contributed by atoms with Crippen LogP contribution in [-0.2, 0) is 11.2 Å². The van der Waals surface area contributed by atoms with Crippen molar-refractivity contribution in [2.75, 3.05) is 13.2 Å². The Bertz CT molecular complexity index is 1010. The van der Waals surface area contributed by atoms with E-state index in [0.29, 0.717) is 35.8 Å². The lowest BCUT2D eigenvalue weighted by Gasteiger charge is -2.31. The van der Waals surface area contributed by atoms with Gasteiger partial charge in [-0.2, -0.15) is 0 Å². The van der Waals surface area contributed by atoms with Crippen LogP contribution in [0.4, 0.5) is 13.2 Å². The van der Waals surface area contributed by atoms with Crippen LogP contribution in [0, 0.1) is 23.4 Å². The van der Waals surface area contributed by atoms with Crippen molar-refractivity contribution in [3.63, 3.8) is 0 Å². The van der Waals surface area contributed by atoms with Crippen LogP contribution in [0.1, 0.15) is 119 Å². The fourth-order valence-corrected chi connectivity index (χ4v) is 6.31. The second-order valence-electron chi connectivity index (χ2n) is 11.4. The maximum absolute atomic E-state index is 15.2. The highest BCUT2D eigenvalue weighted by Crippen LogP contribution is 2.41. The minimum Gasteiger partial charge on any atom is -0.493 e. The Labute approximate surface area is 227 Å². The molecule has 0 radical (unpaired) electrons. The molecule has 0 unspecified atom stereocenters. The summed E-state index contributed by atoms with van der Waals surface area (Å²) in [7, 11) is 0. The fourth-order valence-electron chi connectivity index (χ4n) is 6.31. The monoisotopic (exact) mass is 530 g/mol. The first kappa shape index (κ1) is 29.0. The molecule has 0 amide bonds. The molecule has 2 aliphatic carbocycles. The van der Waals surface area contributed by atoms with Gasteiger partial charge in [0, 0.05) is 12.7 Å². The van der Waals surface area contributed by atoms with E-state index in [1.807, 2.05) is 24.3 Å². The quantitative estimate of drug-likeness (QED) is 0.254. The van der Waals surface area contributed by atoms with Crippen LogP contribution in [0.5, 0.6) is 5.75 Å². The van der Waals surface area contributed by atoms with Gasteiger partial charge >= 0.3 is 0 Å². The summed E-state index contributed by atoms with van der Waals surface area (Å²) in [6, 6.07) is 8.88. The average molecular weight is 531 g/mol. The second-order valence-corrected chi connectivity index (χ2v) is 11.4. The third kappa shape index (κ3) is 7.55. The van der Waals surface area contributed by atoms with E-state index < -0.39 is 11.6 Å². The van der Waals surface area contributed by atoms with Crippen molar-refractivity contribution >= 4 is 0 Å². The highest BCUT2D eigenvalue weighted by Gasteiger charge is 2.30. The molecule has 4 rings (SSSR count). The first-order valence-electron chi connectivity index (χ1n) is 15.0. The normalized spacial score (nSPS) is 23.9.